The van der Waals surface area contributed by atoms with Crippen molar-refractivity contribution in [2.75, 3.05) is 31.5 Å². The molecule has 0 radical (unpaired) electrons. The van der Waals surface area contributed by atoms with Gasteiger partial charge in [-0.2, -0.15) is 13.2 Å². The van der Waals surface area contributed by atoms with Crippen LogP contribution >= 0.6 is 0 Å². The Labute approximate surface area is 198 Å². The highest BCUT2D eigenvalue weighted by Gasteiger charge is 2.31. The fourth-order valence-electron chi connectivity index (χ4n) is 4.24. The summed E-state index contributed by atoms with van der Waals surface area (Å²) in [5, 5.41) is 5.22. The second-order valence-electron chi connectivity index (χ2n) is 8.59. The molecule has 34 heavy (non-hydrogen) atoms. The van der Waals surface area contributed by atoms with Crippen LogP contribution in [-0.2, 0) is 12.9 Å². The highest BCUT2D eigenvalue weighted by molar-refractivity contribution is 5.89. The van der Waals surface area contributed by atoms with Gasteiger partial charge in [-0.3, -0.25) is 0 Å². The van der Waals surface area contributed by atoms with Gasteiger partial charge in [0.15, 0.2) is 0 Å². The van der Waals surface area contributed by atoms with E-state index in [1.807, 2.05) is 37.3 Å². The van der Waals surface area contributed by atoms with Crippen LogP contribution in [0.5, 0.6) is 0 Å². The molecule has 0 saturated carbocycles. The molecule has 2 aromatic rings. The minimum atomic E-state index is -4.63. The maximum atomic E-state index is 13.1. The highest BCUT2D eigenvalue weighted by atomic mass is 19.4. The number of anilines is 1. The monoisotopic (exact) mass is 477 g/mol. The van der Waals surface area contributed by atoms with E-state index < -0.39 is 24.4 Å². The number of nitrogens with zero attached hydrogens (tertiary/aromatic N) is 1. The van der Waals surface area contributed by atoms with Crippen molar-refractivity contribution in [1.82, 2.24) is 10.2 Å². The molecular formula is C26H31F4N3O. The summed E-state index contributed by atoms with van der Waals surface area (Å²) in [5.41, 5.74) is 0.924. The van der Waals surface area contributed by atoms with Crippen LogP contribution in [0.1, 0.15) is 54.4 Å². The van der Waals surface area contributed by atoms with E-state index in [4.69, 9.17) is 0 Å². The van der Waals surface area contributed by atoms with Gasteiger partial charge < -0.3 is 15.5 Å². The summed E-state index contributed by atoms with van der Waals surface area (Å²) in [6, 6.07) is 10.3. The van der Waals surface area contributed by atoms with Gasteiger partial charge in [0.05, 0.1) is 5.56 Å². The lowest BCUT2D eigenvalue weighted by molar-refractivity contribution is -0.137. The Morgan fingerprint density at radius 2 is 1.91 bits per heavy atom. The molecule has 1 aliphatic rings. The van der Waals surface area contributed by atoms with E-state index in [1.165, 1.54) is 18.9 Å². The van der Waals surface area contributed by atoms with E-state index in [0.29, 0.717) is 6.54 Å². The topological polar surface area (TPSA) is 44.4 Å². The average molecular weight is 478 g/mol. The van der Waals surface area contributed by atoms with Crippen molar-refractivity contribution in [3.05, 3.63) is 70.8 Å². The summed E-state index contributed by atoms with van der Waals surface area (Å²) in [6.07, 6.45) is 2.58. The Bertz CT molecular complexity index is 984. The molecule has 1 heterocycles. The second-order valence-corrected chi connectivity index (χ2v) is 8.59. The van der Waals surface area contributed by atoms with Crippen LogP contribution < -0.4 is 10.6 Å². The Morgan fingerprint density at radius 3 is 2.59 bits per heavy atom. The lowest BCUT2D eigenvalue weighted by atomic mass is 9.93. The second kappa shape index (κ2) is 12.0. The summed E-state index contributed by atoms with van der Waals surface area (Å²) >= 11 is 0. The highest BCUT2D eigenvalue weighted by Crippen LogP contribution is 2.32. The van der Waals surface area contributed by atoms with Gasteiger partial charge in [0.1, 0.15) is 6.67 Å². The predicted molar refractivity (Wildman–Crippen MR) is 127 cm³/mol. The standard InChI is InChI=1S/C26H31F4N3O/c1-2-6-19-7-5-8-21(13-19)22(9-12-33-10-3-4-11-33)18-31-25(34)32-24-15-20(17-27)14-23(16-24)26(28,29)30/h2,5-8,13-16,22H,3-4,9-12,17-18H2,1H3,(H2,31,32,34)/b6-2+. The lowest BCUT2D eigenvalue weighted by Gasteiger charge is -2.22. The number of amides is 2. The zero-order chi connectivity index (χ0) is 24.6. The molecule has 0 aliphatic carbocycles. The van der Waals surface area contributed by atoms with Crippen LogP contribution in [0, 0.1) is 0 Å². The maximum absolute atomic E-state index is 13.1. The number of alkyl halides is 4. The van der Waals surface area contributed by atoms with E-state index in [1.54, 1.807) is 0 Å². The van der Waals surface area contributed by atoms with Crippen LogP contribution in [-0.4, -0.2) is 37.1 Å². The fourth-order valence-corrected chi connectivity index (χ4v) is 4.24. The molecule has 1 atom stereocenters. The Hall–Kier alpha value is -2.87. The average Bonchev–Trinajstić information content (AvgIpc) is 3.32. The van der Waals surface area contributed by atoms with Gasteiger partial charge in [-0.15, -0.1) is 0 Å². The van der Waals surface area contributed by atoms with Crippen LogP contribution in [0.4, 0.5) is 28.0 Å². The molecule has 4 nitrogen and oxygen atoms in total. The van der Waals surface area contributed by atoms with Crippen LogP contribution in [0.2, 0.25) is 0 Å². The molecule has 0 aromatic heterocycles. The number of benzene rings is 2. The largest absolute Gasteiger partial charge is 0.416 e. The minimum Gasteiger partial charge on any atom is -0.337 e. The molecule has 2 N–H and O–H groups in total. The summed E-state index contributed by atoms with van der Waals surface area (Å²) in [4.78, 5) is 14.9. The number of carbonyl (C=O) groups excluding carboxylic acids is 1. The van der Waals surface area contributed by atoms with E-state index in [-0.39, 0.29) is 17.2 Å². The molecule has 1 saturated heterocycles. The van der Waals surface area contributed by atoms with Gasteiger partial charge in [0.2, 0.25) is 0 Å². The van der Waals surface area contributed by atoms with Crippen molar-refractivity contribution >= 4 is 17.8 Å². The number of hydrogen-bond acceptors (Lipinski definition) is 2. The number of nitrogens with one attached hydrogen (secondary N) is 2. The third-order valence-corrected chi connectivity index (χ3v) is 5.97. The van der Waals surface area contributed by atoms with Crippen molar-refractivity contribution < 1.29 is 22.4 Å². The Balaban J connectivity index is 1.69. The van der Waals surface area contributed by atoms with Crippen LogP contribution in [0.3, 0.4) is 0 Å². The first kappa shape index (κ1) is 25.7. The first-order chi connectivity index (χ1) is 16.3. The Morgan fingerprint density at radius 1 is 1.15 bits per heavy atom. The summed E-state index contributed by atoms with van der Waals surface area (Å²) in [7, 11) is 0. The SMILES string of the molecule is C/C=C/c1cccc(C(CCN2CCCC2)CNC(=O)Nc2cc(CF)cc(C(F)(F)F)c2)c1. The summed E-state index contributed by atoms with van der Waals surface area (Å²) in [5.74, 6) is 0.0412. The molecule has 0 bridgehead atoms. The molecule has 1 unspecified atom stereocenters. The molecule has 2 amide bonds. The van der Waals surface area contributed by atoms with Gasteiger partial charge in [0.25, 0.3) is 0 Å². The molecule has 2 aromatic carbocycles. The zero-order valence-electron chi connectivity index (χ0n) is 19.3. The van der Waals surface area contributed by atoms with E-state index in [2.05, 4.69) is 21.6 Å². The third-order valence-electron chi connectivity index (χ3n) is 5.97. The molecule has 184 valence electrons. The third kappa shape index (κ3) is 7.58. The van der Waals surface area contributed by atoms with Gasteiger partial charge in [-0.05, 0) is 80.7 Å². The van der Waals surface area contributed by atoms with Crippen molar-refractivity contribution in [3.63, 3.8) is 0 Å². The van der Waals surface area contributed by atoms with E-state index >= 15 is 0 Å². The number of allylic oxidation sites excluding steroid dienone is 1. The normalized spacial score (nSPS) is 15.6. The fraction of sp³-hybridized carbons (Fsp3) is 0.423. The number of carbonyl (C=O) groups is 1. The molecule has 0 spiro atoms. The predicted octanol–water partition coefficient (Wildman–Crippen LogP) is 6.60. The maximum Gasteiger partial charge on any atom is 0.416 e. The van der Waals surface area contributed by atoms with Gasteiger partial charge in [-0.1, -0.05) is 36.4 Å². The first-order valence-corrected chi connectivity index (χ1v) is 11.6. The van der Waals surface area contributed by atoms with Crippen molar-refractivity contribution in [1.29, 1.82) is 0 Å². The van der Waals surface area contributed by atoms with Gasteiger partial charge >= 0.3 is 12.2 Å². The van der Waals surface area contributed by atoms with Crippen molar-refractivity contribution in [2.24, 2.45) is 0 Å². The number of urea groups is 1. The first-order valence-electron chi connectivity index (χ1n) is 11.6. The van der Waals surface area contributed by atoms with Gasteiger partial charge in [0, 0.05) is 18.2 Å². The quantitative estimate of drug-likeness (QED) is 0.400. The molecule has 3 rings (SSSR count). The number of rotatable bonds is 9. The Kier molecular flexibility index (Phi) is 9.10. The molecule has 1 fully saturated rings. The lowest BCUT2D eigenvalue weighted by Crippen LogP contribution is -2.33. The number of likely N-dealkylation sites (tertiary alicyclic amines) is 1. The van der Waals surface area contributed by atoms with Crippen molar-refractivity contribution in [2.45, 2.75) is 45.0 Å². The van der Waals surface area contributed by atoms with Crippen molar-refractivity contribution in [3.8, 4) is 0 Å². The molecular weight excluding hydrogens is 446 g/mol. The summed E-state index contributed by atoms with van der Waals surface area (Å²) < 4.78 is 52.4. The smallest absolute Gasteiger partial charge is 0.337 e. The zero-order valence-corrected chi connectivity index (χ0v) is 19.3. The summed E-state index contributed by atoms with van der Waals surface area (Å²) in [6.45, 7) is 4.29. The van der Waals surface area contributed by atoms with Gasteiger partial charge in [-0.25, -0.2) is 9.18 Å². The van der Waals surface area contributed by atoms with Crippen LogP contribution in [0.15, 0.2) is 48.5 Å². The van der Waals surface area contributed by atoms with E-state index in [9.17, 15) is 22.4 Å². The molecule has 1 aliphatic heterocycles. The van der Waals surface area contributed by atoms with E-state index in [0.717, 1.165) is 49.3 Å². The number of halogens is 4. The minimum absolute atomic E-state index is 0.0412. The number of hydrogen-bond donors (Lipinski definition) is 2. The van der Waals surface area contributed by atoms with Crippen LogP contribution in [0.25, 0.3) is 6.08 Å². The molecule has 8 heteroatoms.